The summed E-state index contributed by atoms with van der Waals surface area (Å²) >= 11 is 0. The van der Waals surface area contributed by atoms with Crippen molar-refractivity contribution < 1.29 is 0 Å². The van der Waals surface area contributed by atoms with Crippen LogP contribution in [0.15, 0.2) is 40.3 Å². The van der Waals surface area contributed by atoms with Crippen LogP contribution in [0.1, 0.15) is 135 Å². The van der Waals surface area contributed by atoms with Crippen molar-refractivity contribution >= 4 is 12.4 Å². The quantitative estimate of drug-likeness (QED) is 0.120. The summed E-state index contributed by atoms with van der Waals surface area (Å²) in [6.45, 7) is 4.60. The summed E-state index contributed by atoms with van der Waals surface area (Å²) in [5, 5.41) is 0. The van der Waals surface area contributed by atoms with E-state index in [9.17, 15) is 0 Å². The van der Waals surface area contributed by atoms with Crippen LogP contribution in [-0.2, 0) is 6.42 Å². The Morgan fingerprint density at radius 3 is 1.59 bits per heavy atom. The fourth-order valence-electron chi connectivity index (χ4n) is 5.42. The summed E-state index contributed by atoms with van der Waals surface area (Å²) in [6.07, 6.45) is 30.8. The van der Waals surface area contributed by atoms with Crippen molar-refractivity contribution in [1.29, 1.82) is 0 Å². The molecule has 0 radical (unpaired) electrons. The first-order valence-corrected chi connectivity index (χ1v) is 14.8. The lowest BCUT2D eigenvalue weighted by Gasteiger charge is -2.26. The minimum Gasteiger partial charge on any atom is -0.0965 e. The minimum absolute atomic E-state index is 0.500. The van der Waals surface area contributed by atoms with Crippen molar-refractivity contribution in [2.24, 2.45) is 21.8 Å². The van der Waals surface area contributed by atoms with Gasteiger partial charge < -0.3 is 0 Å². The zero-order valence-electron chi connectivity index (χ0n) is 22.5. The monoisotopic (exact) mass is 465 g/mol. The van der Waals surface area contributed by atoms with Gasteiger partial charge in [0.05, 0.1) is 5.92 Å². The van der Waals surface area contributed by atoms with Crippen LogP contribution < -0.4 is 0 Å². The maximum absolute atomic E-state index is 4.70. The third-order valence-electron chi connectivity index (χ3n) is 7.52. The normalized spacial score (nSPS) is 14.7. The zero-order valence-corrected chi connectivity index (χ0v) is 22.5. The summed E-state index contributed by atoms with van der Waals surface area (Å²) in [6, 6.07) is 11.1. The van der Waals surface area contributed by atoms with Gasteiger partial charge in [-0.3, -0.25) is 0 Å². The van der Waals surface area contributed by atoms with E-state index >= 15 is 0 Å². The standard InChI is InChI=1S/C32H53N2/c1-3-5-7-9-11-12-14-16-21-25-31(32-33-26-27-34-32)30(28-29-22-18-17-19-23-29)24-20-15-13-10-8-6-4-2/h17-19,22-23,26-27,30-31H,3-16,20-21,24-25,28H2,1-2H3/q+1. The lowest BCUT2D eigenvalue weighted by Crippen LogP contribution is -2.22. The predicted octanol–water partition coefficient (Wildman–Crippen LogP) is 10.2. The van der Waals surface area contributed by atoms with Crippen LogP contribution in [0.3, 0.4) is 0 Å². The first kappa shape index (κ1) is 28.7. The summed E-state index contributed by atoms with van der Waals surface area (Å²) < 4.78 is 0. The SMILES string of the molecule is CCCCCCCCCCCC([C+]1N=CC=N1)C(CCCCCCCCC)Cc1ccccc1. The fraction of sp³-hybridized carbons (Fsp3) is 0.719. The van der Waals surface area contributed by atoms with E-state index < -0.39 is 0 Å². The molecule has 2 nitrogen and oxygen atoms in total. The van der Waals surface area contributed by atoms with Gasteiger partial charge in [0, 0.05) is 0 Å². The van der Waals surface area contributed by atoms with E-state index in [4.69, 9.17) is 9.98 Å². The second-order valence-electron chi connectivity index (χ2n) is 10.5. The first-order chi connectivity index (χ1) is 16.8. The molecule has 0 aromatic heterocycles. The summed E-state index contributed by atoms with van der Waals surface area (Å²) in [5.74, 6) is 1.15. The van der Waals surface area contributed by atoms with Crippen molar-refractivity contribution in [3.05, 3.63) is 42.1 Å². The fourth-order valence-corrected chi connectivity index (χ4v) is 5.42. The third kappa shape index (κ3) is 12.8. The summed E-state index contributed by atoms with van der Waals surface area (Å²) in [4.78, 5) is 9.41. The number of hydrogen-bond donors (Lipinski definition) is 0. The van der Waals surface area contributed by atoms with E-state index in [0.717, 1.165) is 12.6 Å². The Bertz CT molecular complexity index is 624. The van der Waals surface area contributed by atoms with Gasteiger partial charge >= 0.3 is 0 Å². The van der Waals surface area contributed by atoms with Gasteiger partial charge in [0.1, 0.15) is 0 Å². The van der Waals surface area contributed by atoms with Crippen LogP contribution in [0.5, 0.6) is 0 Å². The van der Waals surface area contributed by atoms with Gasteiger partial charge in [-0.2, -0.15) is 0 Å². The number of benzene rings is 1. The molecule has 1 heterocycles. The molecule has 2 rings (SSSR count). The molecule has 0 aliphatic carbocycles. The van der Waals surface area contributed by atoms with E-state index in [0.29, 0.717) is 11.8 Å². The molecule has 0 N–H and O–H groups in total. The third-order valence-corrected chi connectivity index (χ3v) is 7.52. The summed E-state index contributed by atoms with van der Waals surface area (Å²) in [5.41, 5.74) is 1.47. The number of rotatable bonds is 22. The van der Waals surface area contributed by atoms with Crippen molar-refractivity contribution in [1.82, 2.24) is 0 Å². The molecule has 0 bridgehead atoms. The van der Waals surface area contributed by atoms with Crippen LogP contribution in [0.4, 0.5) is 0 Å². The number of nitrogens with zero attached hydrogens (tertiary/aromatic N) is 2. The molecule has 1 aliphatic rings. The lowest BCUT2D eigenvalue weighted by molar-refractivity contribution is 0.284. The van der Waals surface area contributed by atoms with Gasteiger partial charge in [-0.05, 0) is 30.7 Å². The highest BCUT2D eigenvalue weighted by molar-refractivity contribution is 6.18. The number of aliphatic imine (C=N–C) groups is 2. The molecular weight excluding hydrogens is 412 g/mol. The molecule has 190 valence electrons. The van der Waals surface area contributed by atoms with Crippen LogP contribution in [0, 0.1) is 18.0 Å². The van der Waals surface area contributed by atoms with E-state index in [1.807, 2.05) is 12.4 Å². The van der Waals surface area contributed by atoms with Crippen LogP contribution in [0.2, 0.25) is 0 Å². The first-order valence-electron chi connectivity index (χ1n) is 14.8. The molecular formula is C32H53N2+. The van der Waals surface area contributed by atoms with Crippen molar-refractivity contribution in [3.8, 4) is 0 Å². The highest BCUT2D eigenvalue weighted by Crippen LogP contribution is 2.37. The Morgan fingerprint density at radius 1 is 0.588 bits per heavy atom. The van der Waals surface area contributed by atoms with E-state index in [1.165, 1.54) is 121 Å². The molecule has 0 spiro atoms. The molecule has 34 heavy (non-hydrogen) atoms. The molecule has 0 saturated carbocycles. The van der Waals surface area contributed by atoms with Gasteiger partial charge in [0.15, 0.2) is 12.4 Å². The van der Waals surface area contributed by atoms with Crippen molar-refractivity contribution in [2.75, 3.05) is 0 Å². The van der Waals surface area contributed by atoms with Gasteiger partial charge in [-0.1, -0.05) is 157 Å². The second kappa shape index (κ2) is 19.7. The Hall–Kier alpha value is -1.57. The largest absolute Gasteiger partial charge is 0.244 e. The van der Waals surface area contributed by atoms with Gasteiger partial charge in [0.25, 0.3) is 0 Å². The second-order valence-corrected chi connectivity index (χ2v) is 10.5. The van der Waals surface area contributed by atoms with E-state index in [-0.39, 0.29) is 0 Å². The maximum Gasteiger partial charge on any atom is 0.244 e. The number of unbranched alkanes of at least 4 members (excludes halogenated alkanes) is 14. The van der Waals surface area contributed by atoms with Crippen LogP contribution in [-0.4, -0.2) is 12.4 Å². The molecule has 1 aliphatic heterocycles. The van der Waals surface area contributed by atoms with Crippen molar-refractivity contribution in [2.45, 2.75) is 136 Å². The number of hydrogen-bond acceptors (Lipinski definition) is 2. The highest BCUT2D eigenvalue weighted by Gasteiger charge is 2.35. The predicted molar refractivity (Wildman–Crippen MR) is 152 cm³/mol. The average molecular weight is 466 g/mol. The van der Waals surface area contributed by atoms with Crippen LogP contribution >= 0.6 is 0 Å². The molecule has 0 amide bonds. The molecule has 1 aromatic rings. The highest BCUT2D eigenvalue weighted by atomic mass is 15.0. The van der Waals surface area contributed by atoms with Crippen LogP contribution in [0.25, 0.3) is 0 Å². The minimum atomic E-state index is 0.500. The summed E-state index contributed by atoms with van der Waals surface area (Å²) in [7, 11) is 0. The molecule has 0 fully saturated rings. The average Bonchev–Trinajstić information content (AvgIpc) is 3.39. The molecule has 2 heteroatoms. The maximum atomic E-state index is 4.70. The Labute approximate surface area is 212 Å². The molecule has 1 aromatic carbocycles. The zero-order chi connectivity index (χ0) is 24.1. The Balaban J connectivity index is 1.85. The van der Waals surface area contributed by atoms with E-state index in [2.05, 4.69) is 44.2 Å². The van der Waals surface area contributed by atoms with Gasteiger partial charge in [-0.15, -0.1) is 0 Å². The van der Waals surface area contributed by atoms with Crippen molar-refractivity contribution in [3.63, 3.8) is 0 Å². The molecule has 2 unspecified atom stereocenters. The lowest BCUT2D eigenvalue weighted by atomic mass is 9.78. The Kier molecular flexibility index (Phi) is 16.6. The molecule has 2 atom stereocenters. The smallest absolute Gasteiger partial charge is 0.0965 e. The topological polar surface area (TPSA) is 24.7 Å². The molecule has 0 saturated heterocycles. The Morgan fingerprint density at radius 2 is 1.06 bits per heavy atom. The van der Waals surface area contributed by atoms with Gasteiger partial charge in [-0.25, -0.2) is 0 Å². The van der Waals surface area contributed by atoms with E-state index in [1.54, 1.807) is 0 Å². The van der Waals surface area contributed by atoms with Gasteiger partial charge in [0.2, 0.25) is 6.17 Å².